The Kier molecular flexibility index (Phi) is 6.61. The van der Waals surface area contributed by atoms with E-state index in [0.29, 0.717) is 6.42 Å². The number of nitro groups is 1. The second-order valence-electron chi connectivity index (χ2n) is 6.97. The molecule has 11 heteroatoms. The van der Waals surface area contributed by atoms with Crippen LogP contribution >= 0.6 is 23.2 Å². The first-order chi connectivity index (χ1) is 15.1. The van der Waals surface area contributed by atoms with Gasteiger partial charge in [0.25, 0.3) is 11.7 Å². The van der Waals surface area contributed by atoms with Crippen molar-refractivity contribution in [2.24, 2.45) is 0 Å². The second kappa shape index (κ2) is 9.05. The smallest absolute Gasteiger partial charge is 0.311 e. The molecule has 1 fully saturated rings. The number of ketones is 1. The highest BCUT2D eigenvalue weighted by Crippen LogP contribution is 2.44. The number of likely N-dealkylation sites (tertiary alicyclic amines) is 1. The largest absolute Gasteiger partial charge is 0.507 e. The highest BCUT2D eigenvalue weighted by atomic mass is 35.5. The molecular weight excluding hydrogens is 463 g/mol. The molecule has 2 N–H and O–H groups in total. The fourth-order valence-electron chi connectivity index (χ4n) is 3.64. The van der Waals surface area contributed by atoms with Crippen LogP contribution in [0, 0.1) is 10.1 Å². The summed E-state index contributed by atoms with van der Waals surface area (Å²) in [7, 11) is 1.31. The van der Waals surface area contributed by atoms with Gasteiger partial charge in [0, 0.05) is 17.6 Å². The Morgan fingerprint density at radius 1 is 1.25 bits per heavy atom. The number of benzene rings is 2. The van der Waals surface area contributed by atoms with Crippen LogP contribution in [0.15, 0.2) is 35.9 Å². The summed E-state index contributed by atoms with van der Waals surface area (Å²) in [5.74, 6) is -2.99. The lowest BCUT2D eigenvalue weighted by Crippen LogP contribution is -2.30. The van der Waals surface area contributed by atoms with Gasteiger partial charge in [-0.2, -0.15) is 0 Å². The zero-order valence-electron chi connectivity index (χ0n) is 17.0. The maximum atomic E-state index is 12.9. The van der Waals surface area contributed by atoms with Crippen LogP contribution < -0.4 is 4.74 Å². The molecule has 168 valence electrons. The van der Waals surface area contributed by atoms with Crippen molar-refractivity contribution >= 4 is 46.3 Å². The van der Waals surface area contributed by atoms with E-state index in [1.807, 2.05) is 0 Å². The lowest BCUT2D eigenvalue weighted by Gasteiger charge is -2.25. The lowest BCUT2D eigenvalue weighted by molar-refractivity contribution is -0.385. The van der Waals surface area contributed by atoms with Gasteiger partial charge in [0.05, 0.1) is 34.2 Å². The number of carbonyl (C=O) groups excluding carboxylic acids is 2. The molecular formula is C21H18Cl2N2O7. The first-order valence-electron chi connectivity index (χ1n) is 9.41. The lowest BCUT2D eigenvalue weighted by atomic mass is 9.94. The topological polar surface area (TPSA) is 130 Å². The summed E-state index contributed by atoms with van der Waals surface area (Å²) < 4.78 is 5.24. The van der Waals surface area contributed by atoms with Gasteiger partial charge in [0.2, 0.25) is 0 Å². The number of ether oxygens (including phenoxy) is 1. The van der Waals surface area contributed by atoms with Crippen molar-refractivity contribution in [3.8, 4) is 11.5 Å². The fourth-order valence-corrected chi connectivity index (χ4v) is 4.21. The number of nitro benzene ring substituents is 1. The average Bonchev–Trinajstić information content (AvgIpc) is 2.98. The Morgan fingerprint density at radius 2 is 1.94 bits per heavy atom. The molecule has 1 heterocycles. The highest BCUT2D eigenvalue weighted by molar-refractivity contribution is 6.46. The van der Waals surface area contributed by atoms with E-state index < -0.39 is 39.9 Å². The maximum Gasteiger partial charge on any atom is 0.311 e. The van der Waals surface area contributed by atoms with Crippen molar-refractivity contribution in [2.75, 3.05) is 13.7 Å². The number of aliphatic hydroxyl groups excluding tert-OH is 1. The number of hydrogen-bond donors (Lipinski definition) is 2. The van der Waals surface area contributed by atoms with Crippen LogP contribution in [-0.4, -0.2) is 45.4 Å². The molecule has 1 unspecified atom stereocenters. The summed E-state index contributed by atoms with van der Waals surface area (Å²) in [6, 6.07) is 5.06. The van der Waals surface area contributed by atoms with E-state index in [1.54, 1.807) is 6.92 Å². The van der Waals surface area contributed by atoms with Gasteiger partial charge in [-0.15, -0.1) is 0 Å². The van der Waals surface area contributed by atoms with E-state index in [-0.39, 0.29) is 39.0 Å². The third-order valence-electron chi connectivity index (χ3n) is 4.98. The van der Waals surface area contributed by atoms with Crippen LogP contribution in [0.25, 0.3) is 5.76 Å². The minimum absolute atomic E-state index is 0.0159. The van der Waals surface area contributed by atoms with Crippen LogP contribution in [0.5, 0.6) is 11.5 Å². The second-order valence-corrected chi connectivity index (χ2v) is 7.81. The van der Waals surface area contributed by atoms with Crippen LogP contribution in [0.4, 0.5) is 5.69 Å². The van der Waals surface area contributed by atoms with Crippen molar-refractivity contribution in [3.05, 3.63) is 67.2 Å². The molecule has 1 aliphatic rings. The average molecular weight is 481 g/mol. The third-order valence-corrected chi connectivity index (χ3v) is 5.48. The minimum Gasteiger partial charge on any atom is -0.507 e. The normalized spacial score (nSPS) is 17.6. The number of halogens is 2. The van der Waals surface area contributed by atoms with E-state index in [9.17, 15) is 29.9 Å². The van der Waals surface area contributed by atoms with E-state index in [2.05, 4.69) is 0 Å². The number of Topliss-reactive ketones (excluding diaryl/α,β-unsaturated/α-hetero) is 1. The van der Waals surface area contributed by atoms with Gasteiger partial charge in [-0.25, -0.2) is 0 Å². The quantitative estimate of drug-likeness (QED) is 0.205. The summed E-state index contributed by atoms with van der Waals surface area (Å²) in [4.78, 5) is 37.4. The first kappa shape index (κ1) is 23.4. The van der Waals surface area contributed by atoms with Crippen LogP contribution in [0.3, 0.4) is 0 Å². The number of amides is 1. The number of aliphatic hydroxyl groups is 1. The van der Waals surface area contributed by atoms with Crippen molar-refractivity contribution in [1.29, 1.82) is 0 Å². The van der Waals surface area contributed by atoms with Gasteiger partial charge >= 0.3 is 5.69 Å². The Hall–Kier alpha value is -3.30. The number of aromatic hydroxyl groups is 1. The number of hydrogen-bond acceptors (Lipinski definition) is 7. The molecule has 2 aromatic carbocycles. The van der Waals surface area contributed by atoms with Gasteiger partial charge in [-0.1, -0.05) is 36.2 Å². The predicted molar refractivity (Wildman–Crippen MR) is 117 cm³/mol. The Balaban J connectivity index is 2.32. The SMILES string of the molecule is CCCN1C(=O)C(=O)/C(=C(/O)c2cc(Cl)cc(Cl)c2OC)C1c1ccc(O)c([N+](=O)[O-])c1. The molecule has 1 atom stereocenters. The minimum atomic E-state index is -1.14. The van der Waals surface area contributed by atoms with Crippen molar-refractivity contribution in [1.82, 2.24) is 4.90 Å². The number of nitrogens with zero attached hydrogens (tertiary/aromatic N) is 2. The van der Waals surface area contributed by atoms with E-state index in [0.717, 1.165) is 12.1 Å². The van der Waals surface area contributed by atoms with E-state index >= 15 is 0 Å². The summed E-state index contributed by atoms with van der Waals surface area (Å²) in [5, 5.41) is 32.5. The Bertz CT molecular complexity index is 1160. The summed E-state index contributed by atoms with van der Waals surface area (Å²) in [6.07, 6.45) is 0.482. The van der Waals surface area contributed by atoms with Crippen molar-refractivity contribution in [2.45, 2.75) is 19.4 Å². The monoisotopic (exact) mass is 480 g/mol. The number of rotatable bonds is 6. The Morgan fingerprint density at radius 3 is 2.53 bits per heavy atom. The molecule has 0 radical (unpaired) electrons. The van der Waals surface area contributed by atoms with E-state index in [4.69, 9.17) is 27.9 Å². The van der Waals surface area contributed by atoms with Gasteiger partial charge < -0.3 is 19.8 Å². The molecule has 32 heavy (non-hydrogen) atoms. The standard InChI is InChI=1S/C21H18Cl2N2O7/c1-3-6-24-17(10-4-5-15(26)14(7-10)25(30)31)16(19(28)21(24)29)18(27)12-8-11(22)9-13(23)20(12)32-2/h4-5,7-9,17,26-27H,3,6H2,1-2H3/b18-16+. The third kappa shape index (κ3) is 3.96. The van der Waals surface area contributed by atoms with Crippen molar-refractivity contribution < 1.29 is 29.5 Å². The fraction of sp³-hybridized carbons (Fsp3) is 0.238. The van der Waals surface area contributed by atoms with Crippen LogP contribution in [-0.2, 0) is 9.59 Å². The first-order valence-corrected chi connectivity index (χ1v) is 10.2. The predicted octanol–water partition coefficient (Wildman–Crippen LogP) is 4.45. The molecule has 0 aliphatic carbocycles. The maximum absolute atomic E-state index is 12.9. The number of carbonyl (C=O) groups is 2. The summed E-state index contributed by atoms with van der Waals surface area (Å²) >= 11 is 12.2. The zero-order chi connectivity index (χ0) is 23.7. The Labute approximate surface area is 192 Å². The van der Waals surface area contributed by atoms with Gasteiger partial charge in [0.1, 0.15) is 11.5 Å². The summed E-state index contributed by atoms with van der Waals surface area (Å²) in [6.45, 7) is 1.93. The molecule has 0 spiro atoms. The van der Waals surface area contributed by atoms with Gasteiger partial charge in [-0.05, 0) is 30.2 Å². The number of phenols is 1. The van der Waals surface area contributed by atoms with Gasteiger partial charge in [-0.3, -0.25) is 19.7 Å². The van der Waals surface area contributed by atoms with Gasteiger partial charge in [0.15, 0.2) is 5.75 Å². The molecule has 1 saturated heterocycles. The number of phenolic OH excluding ortho intramolecular Hbond substituents is 1. The van der Waals surface area contributed by atoms with Crippen LogP contribution in [0.2, 0.25) is 10.0 Å². The molecule has 9 nitrogen and oxygen atoms in total. The highest BCUT2D eigenvalue weighted by Gasteiger charge is 2.46. The molecule has 2 aromatic rings. The number of methoxy groups -OCH3 is 1. The molecule has 0 bridgehead atoms. The van der Waals surface area contributed by atoms with Crippen molar-refractivity contribution in [3.63, 3.8) is 0 Å². The molecule has 3 rings (SSSR count). The molecule has 0 saturated carbocycles. The van der Waals surface area contributed by atoms with Crippen LogP contribution in [0.1, 0.15) is 30.5 Å². The molecule has 0 aromatic heterocycles. The zero-order valence-corrected chi connectivity index (χ0v) is 18.5. The molecule has 1 aliphatic heterocycles. The summed E-state index contributed by atoms with van der Waals surface area (Å²) in [5.41, 5.74) is -0.762. The molecule has 1 amide bonds. The van der Waals surface area contributed by atoms with E-state index in [1.165, 1.54) is 30.2 Å².